The fourth-order valence-electron chi connectivity index (χ4n) is 2.61. The number of fused-ring (bicyclic) bond motifs is 1. The number of nitrogens with zero attached hydrogens (tertiary/aromatic N) is 3. The third-order valence-corrected chi connectivity index (χ3v) is 4.51. The summed E-state index contributed by atoms with van der Waals surface area (Å²) in [6.07, 6.45) is 5.27. The summed E-state index contributed by atoms with van der Waals surface area (Å²) in [6, 6.07) is 3.97. The summed E-state index contributed by atoms with van der Waals surface area (Å²) in [5, 5.41) is 14.1. The van der Waals surface area contributed by atoms with Crippen molar-refractivity contribution >= 4 is 11.8 Å². The molecule has 2 aromatic heterocycles. The van der Waals surface area contributed by atoms with Gasteiger partial charge in [-0.25, -0.2) is 4.68 Å². The first-order valence-electron chi connectivity index (χ1n) is 7.53. The van der Waals surface area contributed by atoms with E-state index in [4.69, 9.17) is 9.84 Å². The van der Waals surface area contributed by atoms with E-state index in [2.05, 4.69) is 11.9 Å². The predicted octanol–water partition coefficient (Wildman–Crippen LogP) is 2.76. The minimum Gasteiger partial charge on any atom is -0.474 e. The third-order valence-electron chi connectivity index (χ3n) is 3.73. The maximum absolute atomic E-state index is 9.43. The molecule has 2 atom stereocenters. The van der Waals surface area contributed by atoms with E-state index >= 15 is 0 Å². The normalized spacial score (nSPS) is 18.6. The lowest BCUT2D eigenvalue weighted by Crippen LogP contribution is -2.23. The Morgan fingerprint density at radius 2 is 2.32 bits per heavy atom. The second kappa shape index (κ2) is 6.30. The molecule has 22 heavy (non-hydrogen) atoms. The van der Waals surface area contributed by atoms with Crippen molar-refractivity contribution in [3.63, 3.8) is 0 Å². The Morgan fingerprint density at radius 3 is 2.95 bits per heavy atom. The van der Waals surface area contributed by atoms with E-state index in [0.717, 1.165) is 40.7 Å². The minimum absolute atomic E-state index is 0.231. The monoisotopic (exact) mass is 319 g/mol. The van der Waals surface area contributed by atoms with Gasteiger partial charge in [0.15, 0.2) is 0 Å². The third kappa shape index (κ3) is 2.98. The quantitative estimate of drug-likeness (QED) is 0.878. The highest BCUT2D eigenvalue weighted by Gasteiger charge is 2.25. The van der Waals surface area contributed by atoms with E-state index in [9.17, 15) is 5.11 Å². The molecule has 0 radical (unpaired) electrons. The lowest BCUT2D eigenvalue weighted by atomic mass is 10.1. The van der Waals surface area contributed by atoms with Crippen molar-refractivity contribution in [3.05, 3.63) is 24.0 Å². The zero-order chi connectivity index (χ0) is 15.7. The van der Waals surface area contributed by atoms with Gasteiger partial charge in [0.2, 0.25) is 5.88 Å². The highest BCUT2D eigenvalue weighted by atomic mass is 32.2. The summed E-state index contributed by atoms with van der Waals surface area (Å²) >= 11 is 1.65. The van der Waals surface area contributed by atoms with Gasteiger partial charge in [0.25, 0.3) is 0 Å². The van der Waals surface area contributed by atoms with Crippen LogP contribution in [-0.4, -0.2) is 38.3 Å². The molecule has 1 aliphatic heterocycles. The summed E-state index contributed by atoms with van der Waals surface area (Å²) in [5.41, 5.74) is 2.79. The van der Waals surface area contributed by atoms with Crippen LogP contribution >= 0.6 is 11.8 Å². The Balaban J connectivity index is 1.94. The average molecular weight is 319 g/mol. The molecule has 118 valence electrons. The molecule has 3 rings (SSSR count). The van der Waals surface area contributed by atoms with Crippen molar-refractivity contribution in [2.75, 3.05) is 6.26 Å². The lowest BCUT2D eigenvalue weighted by molar-refractivity contribution is 0.144. The van der Waals surface area contributed by atoms with Crippen LogP contribution in [0.4, 0.5) is 0 Å². The highest BCUT2D eigenvalue weighted by Crippen LogP contribution is 2.39. The molecule has 0 saturated heterocycles. The fraction of sp³-hybridized carbons (Fsp3) is 0.500. The largest absolute Gasteiger partial charge is 0.474 e. The molecule has 1 N–H and O–H groups in total. The molecule has 0 amide bonds. The van der Waals surface area contributed by atoms with Gasteiger partial charge in [-0.3, -0.25) is 4.98 Å². The zero-order valence-electron chi connectivity index (χ0n) is 13.1. The van der Waals surface area contributed by atoms with Crippen molar-refractivity contribution in [3.8, 4) is 17.1 Å². The molecule has 0 aliphatic carbocycles. The van der Waals surface area contributed by atoms with E-state index in [-0.39, 0.29) is 12.2 Å². The van der Waals surface area contributed by atoms with Crippen LogP contribution in [0, 0.1) is 0 Å². The number of rotatable bonds is 4. The number of thioether (sulfide) groups is 1. The van der Waals surface area contributed by atoms with Crippen LogP contribution in [0.5, 0.6) is 5.88 Å². The molecule has 1 aliphatic rings. The molecule has 0 spiro atoms. The van der Waals surface area contributed by atoms with E-state index < -0.39 is 0 Å². The van der Waals surface area contributed by atoms with Gasteiger partial charge >= 0.3 is 0 Å². The van der Waals surface area contributed by atoms with Crippen molar-refractivity contribution < 1.29 is 9.84 Å². The lowest BCUT2D eigenvalue weighted by Gasteiger charge is -2.21. The number of hydrogen-bond donors (Lipinski definition) is 1. The van der Waals surface area contributed by atoms with Gasteiger partial charge in [-0.15, -0.1) is 11.8 Å². The molecule has 0 aromatic carbocycles. The van der Waals surface area contributed by atoms with E-state index in [0.29, 0.717) is 6.42 Å². The minimum atomic E-state index is -0.380. The molecule has 1 unspecified atom stereocenters. The number of aliphatic hydroxyl groups is 1. The summed E-state index contributed by atoms with van der Waals surface area (Å²) in [7, 11) is 0. The van der Waals surface area contributed by atoms with Gasteiger partial charge < -0.3 is 9.84 Å². The van der Waals surface area contributed by atoms with Crippen LogP contribution < -0.4 is 4.74 Å². The number of aryl methyl sites for hydroxylation is 1. The molecule has 0 bridgehead atoms. The number of aliphatic hydroxyl groups excluding tert-OH is 1. The smallest absolute Gasteiger partial charge is 0.226 e. The molecule has 3 heterocycles. The Bertz CT molecular complexity index is 652. The molecule has 2 aromatic rings. The SMILES string of the molecule is CSc1c(-c2ccc(CC(C)O)nc2)nn2c1O[C@H](C)CC2. The number of hydrogen-bond acceptors (Lipinski definition) is 5. The van der Waals surface area contributed by atoms with Crippen molar-refractivity contribution in [2.45, 2.75) is 50.3 Å². The van der Waals surface area contributed by atoms with Crippen molar-refractivity contribution in [2.24, 2.45) is 0 Å². The molecule has 6 heteroatoms. The topological polar surface area (TPSA) is 60.2 Å². The van der Waals surface area contributed by atoms with Crippen molar-refractivity contribution in [1.29, 1.82) is 0 Å². The molecular weight excluding hydrogens is 298 g/mol. The maximum Gasteiger partial charge on any atom is 0.226 e. The van der Waals surface area contributed by atoms with E-state index in [1.165, 1.54) is 0 Å². The molecule has 0 saturated carbocycles. The fourth-order valence-corrected chi connectivity index (χ4v) is 3.29. The number of aromatic nitrogens is 3. The summed E-state index contributed by atoms with van der Waals surface area (Å²) in [5.74, 6) is 0.870. The maximum atomic E-state index is 9.43. The van der Waals surface area contributed by atoms with Crippen LogP contribution in [0.2, 0.25) is 0 Å². The first-order valence-corrected chi connectivity index (χ1v) is 8.75. The second-order valence-electron chi connectivity index (χ2n) is 5.72. The van der Waals surface area contributed by atoms with Gasteiger partial charge in [-0.1, -0.05) is 0 Å². The first-order chi connectivity index (χ1) is 10.6. The number of pyridine rings is 1. The predicted molar refractivity (Wildman–Crippen MR) is 87.3 cm³/mol. The van der Waals surface area contributed by atoms with E-state index in [1.807, 2.05) is 29.3 Å². The van der Waals surface area contributed by atoms with Crippen LogP contribution in [0.3, 0.4) is 0 Å². The molecule has 0 fully saturated rings. The van der Waals surface area contributed by atoms with Gasteiger partial charge in [-0.2, -0.15) is 5.10 Å². The van der Waals surface area contributed by atoms with Gasteiger partial charge in [-0.05, 0) is 32.2 Å². The highest BCUT2D eigenvalue weighted by molar-refractivity contribution is 7.98. The van der Waals surface area contributed by atoms with E-state index in [1.54, 1.807) is 18.7 Å². The Labute approximate surface area is 134 Å². The molecular formula is C16H21N3O2S. The second-order valence-corrected chi connectivity index (χ2v) is 6.54. The van der Waals surface area contributed by atoms with Gasteiger partial charge in [0.1, 0.15) is 5.69 Å². The van der Waals surface area contributed by atoms with Gasteiger partial charge in [0, 0.05) is 36.8 Å². The standard InChI is InChI=1S/C16H21N3O2S/c1-10(20)8-13-5-4-12(9-17-13)14-15(22-3)16-19(18-14)7-6-11(2)21-16/h4-5,9-11,20H,6-8H2,1-3H3/t10?,11-/m1/s1. The first kappa shape index (κ1) is 15.4. The van der Waals surface area contributed by atoms with Gasteiger partial charge in [0.05, 0.1) is 17.1 Å². The van der Waals surface area contributed by atoms with Crippen LogP contribution in [0.1, 0.15) is 26.0 Å². The zero-order valence-corrected chi connectivity index (χ0v) is 13.9. The van der Waals surface area contributed by atoms with Crippen LogP contribution in [0.15, 0.2) is 23.2 Å². The Morgan fingerprint density at radius 1 is 1.50 bits per heavy atom. The molecule has 5 nitrogen and oxygen atoms in total. The van der Waals surface area contributed by atoms with Crippen LogP contribution in [0.25, 0.3) is 11.3 Å². The summed E-state index contributed by atoms with van der Waals surface area (Å²) in [6.45, 7) is 4.74. The van der Waals surface area contributed by atoms with Crippen LogP contribution in [-0.2, 0) is 13.0 Å². The van der Waals surface area contributed by atoms with Crippen molar-refractivity contribution in [1.82, 2.24) is 14.8 Å². The summed E-state index contributed by atoms with van der Waals surface area (Å²) in [4.78, 5) is 5.50. The Hall–Kier alpha value is -1.53. The average Bonchev–Trinajstić information content (AvgIpc) is 2.85. The number of ether oxygens (including phenoxy) is 1. The summed E-state index contributed by atoms with van der Waals surface area (Å²) < 4.78 is 7.91. The Kier molecular flexibility index (Phi) is 4.40.